The molecule has 2 amide bonds. The number of benzene rings is 3. The summed E-state index contributed by atoms with van der Waals surface area (Å²) < 4.78 is 69.7. The van der Waals surface area contributed by atoms with Crippen molar-refractivity contribution in [1.29, 1.82) is 0 Å². The van der Waals surface area contributed by atoms with Crippen molar-refractivity contribution in [2.45, 2.75) is 108 Å². The summed E-state index contributed by atoms with van der Waals surface area (Å²) in [6.07, 6.45) is 11.5. The van der Waals surface area contributed by atoms with Crippen molar-refractivity contribution in [3.05, 3.63) is 77.0 Å². The average molecular weight is 976 g/mol. The Hall–Kier alpha value is -5.65. The summed E-state index contributed by atoms with van der Waals surface area (Å²) in [6, 6.07) is 9.79. The van der Waals surface area contributed by atoms with Crippen LogP contribution >= 0.6 is 0 Å². The smallest absolute Gasteiger partial charge is 0.319 e. The minimum absolute atomic E-state index is 0.0177. The van der Waals surface area contributed by atoms with Crippen LogP contribution in [0.15, 0.2) is 42.6 Å². The van der Waals surface area contributed by atoms with Crippen LogP contribution in [0, 0.1) is 34.1 Å². The predicted octanol–water partition coefficient (Wildman–Crippen LogP) is 7.75. The molecule has 3 aromatic carbocycles. The second kappa shape index (κ2) is 18.1. The van der Waals surface area contributed by atoms with Crippen LogP contribution in [0.2, 0.25) is 0 Å². The lowest BCUT2D eigenvalue weighted by molar-refractivity contribution is -0.134. The molecule has 3 unspecified atom stereocenters. The molecule has 1 spiro atoms. The molecule has 7 aliphatic rings. The first kappa shape index (κ1) is 46.4. The normalized spacial score (nSPS) is 24.7. The monoisotopic (exact) mass is 975 g/mol. The highest BCUT2D eigenvalue weighted by Crippen LogP contribution is 2.50. The van der Waals surface area contributed by atoms with Crippen LogP contribution in [0.5, 0.6) is 11.8 Å². The topological polar surface area (TPSA) is 139 Å². The molecule has 3 atom stereocenters. The van der Waals surface area contributed by atoms with E-state index in [4.69, 9.17) is 14.7 Å². The third-order valence-electron chi connectivity index (χ3n) is 17.3. The molecule has 2 bridgehead atoms. The Balaban J connectivity index is 0.700. The number of rotatable bonds is 11. The van der Waals surface area contributed by atoms with Crippen LogP contribution in [0.4, 0.5) is 29.1 Å². The molecule has 7 fully saturated rings. The third kappa shape index (κ3) is 8.72. The molecular formula is C54H61F4N9O4. The number of amides is 2. The summed E-state index contributed by atoms with van der Waals surface area (Å²) in [6.45, 7) is 10.1. The average Bonchev–Trinajstić information content (AvgIpc) is 3.90. The highest BCUT2D eigenvalue weighted by molar-refractivity contribution is 6.02. The van der Waals surface area contributed by atoms with Gasteiger partial charge in [0, 0.05) is 92.2 Å². The van der Waals surface area contributed by atoms with Gasteiger partial charge in [-0.25, -0.2) is 17.6 Å². The van der Waals surface area contributed by atoms with Gasteiger partial charge in [-0.2, -0.15) is 9.97 Å². The van der Waals surface area contributed by atoms with Crippen molar-refractivity contribution in [3.63, 3.8) is 0 Å². The Morgan fingerprint density at radius 3 is 2.27 bits per heavy atom. The number of aromatic nitrogens is 3. The summed E-state index contributed by atoms with van der Waals surface area (Å²) in [4.78, 5) is 47.9. The lowest BCUT2D eigenvalue weighted by atomic mass is 9.77. The number of imide groups is 1. The quantitative estimate of drug-likeness (QED) is 0.0882. The molecule has 13 nitrogen and oxygen atoms in total. The van der Waals surface area contributed by atoms with Crippen molar-refractivity contribution in [2.24, 2.45) is 10.8 Å². The Labute approximate surface area is 410 Å². The number of hydrogen-bond acceptors (Lipinski definition) is 12. The van der Waals surface area contributed by atoms with Gasteiger partial charge in [0.1, 0.15) is 40.2 Å². The van der Waals surface area contributed by atoms with E-state index in [-0.39, 0.29) is 52.2 Å². The highest BCUT2D eigenvalue weighted by atomic mass is 19.1. The number of hydrogen-bond donors (Lipinski definition) is 3. The number of aryl methyl sites for hydroxylation is 1. The van der Waals surface area contributed by atoms with Crippen molar-refractivity contribution in [1.82, 2.24) is 35.4 Å². The maximum Gasteiger partial charge on any atom is 0.319 e. The van der Waals surface area contributed by atoms with Gasteiger partial charge < -0.3 is 34.8 Å². The van der Waals surface area contributed by atoms with Gasteiger partial charge >= 0.3 is 6.01 Å². The van der Waals surface area contributed by atoms with E-state index in [1.54, 1.807) is 18.3 Å². The van der Waals surface area contributed by atoms with Gasteiger partial charge in [0.05, 0.1) is 17.9 Å². The van der Waals surface area contributed by atoms with E-state index in [1.807, 2.05) is 11.8 Å². The first-order valence-corrected chi connectivity index (χ1v) is 25.8. The van der Waals surface area contributed by atoms with Crippen LogP contribution in [-0.2, 0) is 16.0 Å². The number of nitrogens with zero attached hydrogens (tertiary/aromatic N) is 7. The molecule has 2 aromatic heterocycles. The SMILES string of the molecule is CCc1c(F)ccc2cc(O)cc(-c3ncc4c(N5CC6CCC(C5)N6)nc(OCC5(CN6CCC7(CCN(C8CCN(c9cc(F)c(C%10CCC(=O)NC%10=O)c(F)c9)CC8)CC7)C6)CC5)nc4c3F)c12. The van der Waals surface area contributed by atoms with E-state index in [1.165, 1.54) is 24.3 Å². The highest BCUT2D eigenvalue weighted by Gasteiger charge is 2.49. The van der Waals surface area contributed by atoms with Gasteiger partial charge in [0.2, 0.25) is 11.8 Å². The first-order valence-electron chi connectivity index (χ1n) is 25.8. The molecule has 6 aliphatic heterocycles. The number of halogens is 4. The fourth-order valence-corrected chi connectivity index (χ4v) is 13.2. The fraction of sp³-hybridized carbons (Fsp3) is 0.537. The summed E-state index contributed by atoms with van der Waals surface area (Å²) in [5.41, 5.74) is 1.23. The summed E-state index contributed by atoms with van der Waals surface area (Å²) in [5.74, 6) is -4.12. The molecule has 1 aliphatic carbocycles. The second-order valence-electron chi connectivity index (χ2n) is 21.9. The molecule has 12 rings (SSSR count). The van der Waals surface area contributed by atoms with Crippen molar-refractivity contribution >= 4 is 45.0 Å². The van der Waals surface area contributed by atoms with Gasteiger partial charge in [0.15, 0.2) is 5.82 Å². The lowest BCUT2D eigenvalue weighted by Gasteiger charge is -2.45. The number of carbonyl (C=O) groups excluding carboxylic acids is 2. The number of pyridine rings is 1. The number of piperidine rings is 3. The number of nitrogens with one attached hydrogen (secondary N) is 2. The number of aromatic hydroxyl groups is 1. The van der Waals surface area contributed by atoms with Gasteiger partial charge in [-0.1, -0.05) is 13.0 Å². The molecule has 6 saturated heterocycles. The summed E-state index contributed by atoms with van der Waals surface area (Å²) in [7, 11) is 0. The van der Waals surface area contributed by atoms with Crippen molar-refractivity contribution < 1.29 is 37.0 Å². The van der Waals surface area contributed by atoms with Gasteiger partial charge in [-0.15, -0.1) is 0 Å². The number of ether oxygens (including phenoxy) is 1. The lowest BCUT2D eigenvalue weighted by Crippen LogP contribution is -2.51. The molecule has 71 heavy (non-hydrogen) atoms. The van der Waals surface area contributed by atoms with E-state index in [9.17, 15) is 14.7 Å². The zero-order valence-electron chi connectivity index (χ0n) is 40.2. The number of anilines is 2. The Morgan fingerprint density at radius 2 is 1.56 bits per heavy atom. The van der Waals surface area contributed by atoms with Crippen LogP contribution in [-0.4, -0.2) is 125 Å². The van der Waals surface area contributed by atoms with E-state index >= 15 is 17.6 Å². The van der Waals surface area contributed by atoms with E-state index in [2.05, 4.69) is 30.3 Å². The van der Waals surface area contributed by atoms with E-state index < -0.39 is 41.0 Å². The molecule has 3 N–H and O–H groups in total. The number of likely N-dealkylation sites (tertiary alicyclic amines) is 2. The largest absolute Gasteiger partial charge is 0.508 e. The molecule has 17 heteroatoms. The molecular weight excluding hydrogens is 915 g/mol. The standard InChI is InChI=1S/C54H61F4N9O4/c1-2-37-41(55)7-3-31-21-36(68)24-39(45(31)37)48-47(58)49-40(25-59-48)50(67-26-32-4-5-33(27-67)60-32)63-52(62-49)71-30-54(11-12-54)29-64-18-13-53(28-64)14-19-66(20-15-53)34-9-16-65(17-10-34)35-22-42(56)46(43(57)23-35)38-6-8-44(69)61-51(38)70/h3,7,21-25,32-34,38,60,68H,2,4-6,8-20,26-30H2,1H3,(H,61,69,70). The Morgan fingerprint density at radius 1 is 0.831 bits per heavy atom. The number of phenolic OH excluding ortho intramolecular Hbond substituents is 1. The Kier molecular flexibility index (Phi) is 11.9. The van der Waals surface area contributed by atoms with E-state index in [0.717, 1.165) is 104 Å². The van der Waals surface area contributed by atoms with Gasteiger partial charge in [0.25, 0.3) is 0 Å². The molecule has 374 valence electrons. The number of piperazine rings is 1. The third-order valence-corrected chi connectivity index (χ3v) is 17.3. The van der Waals surface area contributed by atoms with Crippen LogP contribution < -0.4 is 25.2 Å². The zero-order valence-corrected chi connectivity index (χ0v) is 40.2. The van der Waals surface area contributed by atoms with Crippen LogP contribution in [0.3, 0.4) is 0 Å². The Bertz CT molecular complexity index is 2900. The van der Waals surface area contributed by atoms with Crippen molar-refractivity contribution in [3.8, 4) is 23.0 Å². The molecule has 0 radical (unpaired) electrons. The number of phenols is 1. The zero-order chi connectivity index (χ0) is 48.8. The maximum atomic E-state index is 17.2. The minimum Gasteiger partial charge on any atom is -0.508 e. The summed E-state index contributed by atoms with van der Waals surface area (Å²) >= 11 is 0. The first-order chi connectivity index (χ1) is 34.3. The van der Waals surface area contributed by atoms with Crippen LogP contribution in [0.1, 0.15) is 94.6 Å². The number of fused-ring (bicyclic) bond motifs is 4. The van der Waals surface area contributed by atoms with Crippen LogP contribution in [0.25, 0.3) is 32.9 Å². The van der Waals surface area contributed by atoms with E-state index in [0.29, 0.717) is 83.0 Å². The predicted molar refractivity (Wildman–Crippen MR) is 262 cm³/mol. The minimum atomic E-state index is -1.01. The fourth-order valence-electron chi connectivity index (χ4n) is 13.2. The molecule has 5 aromatic rings. The maximum absolute atomic E-state index is 17.2. The second-order valence-corrected chi connectivity index (χ2v) is 21.9. The molecule has 1 saturated carbocycles. The van der Waals surface area contributed by atoms with Gasteiger partial charge in [-0.3, -0.25) is 19.9 Å². The summed E-state index contributed by atoms with van der Waals surface area (Å²) in [5, 5.41) is 18.2. The van der Waals surface area contributed by atoms with Crippen molar-refractivity contribution in [2.75, 3.05) is 75.3 Å². The molecule has 8 heterocycles. The van der Waals surface area contributed by atoms with Gasteiger partial charge in [-0.05, 0) is 142 Å². The number of carbonyl (C=O) groups is 2.